The van der Waals surface area contributed by atoms with Crippen molar-refractivity contribution < 1.29 is 0 Å². The largest absolute Gasteiger partial charge is 0.192 e. The van der Waals surface area contributed by atoms with Gasteiger partial charge in [0.1, 0.15) is 0 Å². The Balaban J connectivity index is 1.37. The van der Waals surface area contributed by atoms with Crippen LogP contribution in [-0.2, 0) is 11.5 Å². The molecular weight excluding hydrogens is 390 g/mol. The summed E-state index contributed by atoms with van der Waals surface area (Å²) in [5, 5.41) is 20.0. The number of nitrogens with zero attached hydrogens (tertiary/aromatic N) is 3. The molecule has 1 aromatic heterocycles. The number of nitriles is 1. The van der Waals surface area contributed by atoms with E-state index in [-0.39, 0.29) is 0 Å². The fourth-order valence-electron chi connectivity index (χ4n) is 2.69. The van der Waals surface area contributed by atoms with Crippen LogP contribution in [0.3, 0.4) is 0 Å². The van der Waals surface area contributed by atoms with Gasteiger partial charge in [0.05, 0.1) is 11.6 Å². The molecule has 0 saturated heterocycles. The standard InChI is InChI=1S/C21H15N3S3/c22-12-15-8-10-16(11-9-15)13-25-20-23-24-21(27-20)26-14-18-6-3-5-17-4-1-2-7-19(17)18/h1-11H,13-14H2. The van der Waals surface area contributed by atoms with Gasteiger partial charge >= 0.3 is 0 Å². The molecule has 4 aromatic rings. The van der Waals surface area contributed by atoms with E-state index in [0.29, 0.717) is 5.56 Å². The van der Waals surface area contributed by atoms with E-state index in [1.54, 1.807) is 34.9 Å². The van der Waals surface area contributed by atoms with Crippen LogP contribution in [-0.4, -0.2) is 10.2 Å². The number of thioether (sulfide) groups is 2. The maximum atomic E-state index is 8.86. The van der Waals surface area contributed by atoms with E-state index in [1.807, 2.05) is 24.3 Å². The number of aromatic nitrogens is 2. The number of benzene rings is 3. The van der Waals surface area contributed by atoms with Crippen LogP contribution in [0.2, 0.25) is 0 Å². The molecule has 132 valence electrons. The van der Waals surface area contributed by atoms with Gasteiger partial charge in [-0.1, -0.05) is 89.5 Å². The quantitative estimate of drug-likeness (QED) is 0.360. The Bertz CT molecular complexity index is 1090. The highest BCUT2D eigenvalue weighted by Crippen LogP contribution is 2.33. The Morgan fingerprint density at radius 1 is 0.815 bits per heavy atom. The van der Waals surface area contributed by atoms with E-state index in [2.05, 4.69) is 58.7 Å². The van der Waals surface area contributed by atoms with Crippen LogP contribution in [0.4, 0.5) is 0 Å². The second-order valence-corrected chi connectivity index (χ2v) is 9.28. The van der Waals surface area contributed by atoms with E-state index >= 15 is 0 Å². The van der Waals surface area contributed by atoms with Crippen molar-refractivity contribution in [3.63, 3.8) is 0 Å². The highest BCUT2D eigenvalue weighted by atomic mass is 32.2. The number of rotatable bonds is 6. The van der Waals surface area contributed by atoms with E-state index in [9.17, 15) is 0 Å². The molecule has 0 spiro atoms. The first-order valence-corrected chi connectivity index (χ1v) is 11.2. The second-order valence-electron chi connectivity index (χ2n) is 5.86. The van der Waals surface area contributed by atoms with Gasteiger partial charge in [-0.2, -0.15) is 5.26 Å². The summed E-state index contributed by atoms with van der Waals surface area (Å²) in [5.74, 6) is 1.71. The topological polar surface area (TPSA) is 49.6 Å². The van der Waals surface area contributed by atoms with E-state index in [4.69, 9.17) is 5.26 Å². The van der Waals surface area contributed by atoms with Gasteiger partial charge in [0.25, 0.3) is 0 Å². The zero-order chi connectivity index (χ0) is 18.5. The van der Waals surface area contributed by atoms with E-state index in [1.165, 1.54) is 21.9 Å². The Morgan fingerprint density at radius 2 is 1.52 bits per heavy atom. The summed E-state index contributed by atoms with van der Waals surface area (Å²) in [6.07, 6.45) is 0. The first-order chi connectivity index (χ1) is 13.3. The molecule has 1 heterocycles. The third kappa shape index (κ3) is 4.51. The predicted octanol–water partition coefficient (Wildman–Crippen LogP) is 6.15. The number of hydrogen-bond donors (Lipinski definition) is 0. The van der Waals surface area contributed by atoms with Gasteiger partial charge in [-0.3, -0.25) is 0 Å². The minimum Gasteiger partial charge on any atom is -0.192 e. The molecule has 3 nitrogen and oxygen atoms in total. The Kier molecular flexibility index (Phi) is 5.73. The number of fused-ring (bicyclic) bond motifs is 1. The van der Waals surface area contributed by atoms with Gasteiger partial charge in [0.2, 0.25) is 0 Å². The molecule has 0 bridgehead atoms. The summed E-state index contributed by atoms with van der Waals surface area (Å²) < 4.78 is 1.96. The lowest BCUT2D eigenvalue weighted by molar-refractivity contribution is 0.954. The molecule has 0 radical (unpaired) electrons. The van der Waals surface area contributed by atoms with Crippen LogP contribution in [0.5, 0.6) is 0 Å². The molecule has 0 N–H and O–H groups in total. The SMILES string of the molecule is N#Cc1ccc(CSc2nnc(SCc3cccc4ccccc34)s2)cc1. The summed E-state index contributed by atoms with van der Waals surface area (Å²) in [7, 11) is 0. The monoisotopic (exact) mass is 405 g/mol. The van der Waals surface area contributed by atoms with Crippen molar-refractivity contribution in [2.45, 2.75) is 20.2 Å². The summed E-state index contributed by atoms with van der Waals surface area (Å²) in [5.41, 5.74) is 3.19. The average molecular weight is 406 g/mol. The highest BCUT2D eigenvalue weighted by molar-refractivity contribution is 8.02. The molecule has 0 aliphatic rings. The van der Waals surface area contributed by atoms with Gasteiger partial charge in [0, 0.05) is 11.5 Å². The molecule has 27 heavy (non-hydrogen) atoms. The lowest BCUT2D eigenvalue weighted by Crippen LogP contribution is -1.83. The predicted molar refractivity (Wildman–Crippen MR) is 114 cm³/mol. The Labute approximate surface area is 170 Å². The normalized spacial score (nSPS) is 10.8. The fraction of sp³-hybridized carbons (Fsp3) is 0.0952. The van der Waals surface area contributed by atoms with Crippen molar-refractivity contribution >= 4 is 45.6 Å². The average Bonchev–Trinajstić information content (AvgIpc) is 3.19. The van der Waals surface area contributed by atoms with Gasteiger partial charge < -0.3 is 0 Å². The third-order valence-corrected chi connectivity index (χ3v) is 7.37. The maximum Gasteiger partial charge on any atom is 0.175 e. The lowest BCUT2D eigenvalue weighted by atomic mass is 10.1. The van der Waals surface area contributed by atoms with Crippen LogP contribution in [0.1, 0.15) is 16.7 Å². The zero-order valence-corrected chi connectivity index (χ0v) is 16.8. The van der Waals surface area contributed by atoms with Crippen molar-refractivity contribution in [2.75, 3.05) is 0 Å². The van der Waals surface area contributed by atoms with Crippen molar-refractivity contribution in [1.82, 2.24) is 10.2 Å². The van der Waals surface area contributed by atoms with E-state index in [0.717, 1.165) is 20.2 Å². The third-order valence-electron chi connectivity index (χ3n) is 4.06. The van der Waals surface area contributed by atoms with Crippen molar-refractivity contribution in [1.29, 1.82) is 5.26 Å². The molecule has 4 rings (SSSR count). The maximum absolute atomic E-state index is 8.86. The zero-order valence-electron chi connectivity index (χ0n) is 14.3. The van der Waals surface area contributed by atoms with Crippen molar-refractivity contribution in [3.05, 3.63) is 83.4 Å². The van der Waals surface area contributed by atoms with Gasteiger partial charge in [-0.15, -0.1) is 10.2 Å². The van der Waals surface area contributed by atoms with Crippen LogP contribution < -0.4 is 0 Å². The minimum absolute atomic E-state index is 0.687. The summed E-state index contributed by atoms with van der Waals surface area (Å²) in [4.78, 5) is 0. The van der Waals surface area contributed by atoms with Gasteiger partial charge in [0.15, 0.2) is 8.68 Å². The summed E-state index contributed by atoms with van der Waals surface area (Å²) >= 11 is 5.05. The number of hydrogen-bond acceptors (Lipinski definition) is 6. The van der Waals surface area contributed by atoms with Gasteiger partial charge in [-0.05, 0) is 34.0 Å². The second kappa shape index (κ2) is 8.57. The molecule has 0 saturated carbocycles. The molecule has 6 heteroatoms. The molecule has 0 unspecified atom stereocenters. The molecule has 0 aliphatic heterocycles. The Hall–Kier alpha value is -2.33. The molecule has 0 fully saturated rings. The first kappa shape index (κ1) is 18.1. The molecule has 0 atom stereocenters. The van der Waals surface area contributed by atoms with Crippen LogP contribution in [0.25, 0.3) is 10.8 Å². The van der Waals surface area contributed by atoms with E-state index < -0.39 is 0 Å². The van der Waals surface area contributed by atoms with Crippen LogP contribution in [0, 0.1) is 11.3 Å². The summed E-state index contributed by atoms with van der Waals surface area (Å²) in [6, 6.07) is 24.7. The molecular formula is C21H15N3S3. The van der Waals surface area contributed by atoms with Gasteiger partial charge in [-0.25, -0.2) is 0 Å². The minimum atomic E-state index is 0.687. The fourth-order valence-corrected chi connectivity index (χ4v) is 5.67. The summed E-state index contributed by atoms with van der Waals surface area (Å²) in [6.45, 7) is 0. The van der Waals surface area contributed by atoms with Crippen LogP contribution in [0.15, 0.2) is 75.4 Å². The highest BCUT2D eigenvalue weighted by Gasteiger charge is 2.08. The Morgan fingerprint density at radius 3 is 2.30 bits per heavy atom. The van der Waals surface area contributed by atoms with Crippen molar-refractivity contribution in [3.8, 4) is 6.07 Å². The molecule has 0 aliphatic carbocycles. The van der Waals surface area contributed by atoms with Crippen molar-refractivity contribution in [2.24, 2.45) is 0 Å². The molecule has 0 amide bonds. The molecule has 3 aromatic carbocycles. The lowest BCUT2D eigenvalue weighted by Gasteiger charge is -2.04. The first-order valence-electron chi connectivity index (χ1n) is 8.36. The van der Waals surface area contributed by atoms with Crippen LogP contribution >= 0.6 is 34.9 Å². The smallest absolute Gasteiger partial charge is 0.175 e.